The Balaban J connectivity index is 1.84. The molecule has 1 aliphatic carbocycles. The number of carbonyl (C=O) groups is 1. The molecule has 0 unspecified atom stereocenters. The third-order valence-corrected chi connectivity index (χ3v) is 3.68. The monoisotopic (exact) mass is 232 g/mol. The lowest BCUT2D eigenvalue weighted by molar-refractivity contribution is 0.0921. The van der Waals surface area contributed by atoms with Crippen LogP contribution in [0.3, 0.4) is 0 Å². The van der Waals surface area contributed by atoms with Crippen molar-refractivity contribution in [2.24, 2.45) is 5.92 Å². The average Bonchev–Trinajstić information content (AvgIpc) is 2.40. The number of nitrogens with zero attached hydrogens (tertiary/aromatic N) is 1. The molecular weight excluding hydrogens is 212 g/mol. The Morgan fingerprint density at radius 2 is 2.18 bits per heavy atom. The van der Waals surface area contributed by atoms with Gasteiger partial charge in [-0.3, -0.25) is 9.78 Å². The zero-order valence-electron chi connectivity index (χ0n) is 10.4. The van der Waals surface area contributed by atoms with Crippen LogP contribution in [-0.4, -0.2) is 16.9 Å². The topological polar surface area (TPSA) is 42.0 Å². The Morgan fingerprint density at radius 1 is 1.41 bits per heavy atom. The van der Waals surface area contributed by atoms with Crippen LogP contribution in [0.1, 0.15) is 49.4 Å². The van der Waals surface area contributed by atoms with Gasteiger partial charge in [0.15, 0.2) is 0 Å². The first kappa shape index (κ1) is 12.1. The minimum Gasteiger partial charge on any atom is -0.349 e. The smallest absolute Gasteiger partial charge is 0.253 e. The molecule has 1 heterocycles. The first-order valence-corrected chi connectivity index (χ1v) is 6.50. The number of hydrogen-bond acceptors (Lipinski definition) is 2. The highest BCUT2D eigenvalue weighted by Gasteiger charge is 2.21. The molecule has 17 heavy (non-hydrogen) atoms. The predicted molar refractivity (Wildman–Crippen MR) is 67.7 cm³/mol. The van der Waals surface area contributed by atoms with Crippen LogP contribution in [0.4, 0.5) is 0 Å². The Labute approximate surface area is 103 Å². The molecule has 0 bridgehead atoms. The zero-order valence-corrected chi connectivity index (χ0v) is 10.4. The van der Waals surface area contributed by atoms with Crippen LogP contribution in [0.5, 0.6) is 0 Å². The Morgan fingerprint density at radius 3 is 2.76 bits per heavy atom. The van der Waals surface area contributed by atoms with E-state index in [4.69, 9.17) is 0 Å². The molecule has 1 aliphatic rings. The summed E-state index contributed by atoms with van der Waals surface area (Å²) in [4.78, 5) is 15.9. The van der Waals surface area contributed by atoms with Gasteiger partial charge in [-0.1, -0.05) is 13.3 Å². The summed E-state index contributed by atoms with van der Waals surface area (Å²) in [5, 5.41) is 3.10. The highest BCUT2D eigenvalue weighted by Crippen LogP contribution is 2.26. The van der Waals surface area contributed by atoms with Crippen LogP contribution in [0, 0.1) is 5.92 Å². The summed E-state index contributed by atoms with van der Waals surface area (Å²) < 4.78 is 0. The molecule has 0 radical (unpaired) electrons. The second-order valence-corrected chi connectivity index (χ2v) is 4.84. The number of nitrogens with one attached hydrogen (secondary N) is 1. The summed E-state index contributed by atoms with van der Waals surface area (Å²) in [5.41, 5.74) is 0.658. The fourth-order valence-electron chi connectivity index (χ4n) is 2.48. The molecule has 0 aliphatic heterocycles. The number of carbonyl (C=O) groups excluding carboxylic acids is 1. The molecule has 1 N–H and O–H groups in total. The second-order valence-electron chi connectivity index (χ2n) is 4.84. The largest absolute Gasteiger partial charge is 0.349 e. The van der Waals surface area contributed by atoms with E-state index in [9.17, 15) is 4.79 Å². The van der Waals surface area contributed by atoms with E-state index in [1.807, 2.05) is 0 Å². The Bertz CT molecular complexity index is 356. The van der Waals surface area contributed by atoms with Gasteiger partial charge < -0.3 is 5.32 Å². The lowest BCUT2D eigenvalue weighted by Crippen LogP contribution is -2.37. The standard InChI is InChI=1S/C14H20N2O/c1-2-11-5-7-13(8-6-11)16-14(17)12-4-3-9-15-10-12/h3-4,9-11,13H,2,5-8H2,1H3,(H,16,17). The molecule has 1 fully saturated rings. The van der Waals surface area contributed by atoms with E-state index in [-0.39, 0.29) is 5.91 Å². The molecule has 2 rings (SSSR count). The minimum absolute atomic E-state index is 0.0121. The van der Waals surface area contributed by atoms with Crippen molar-refractivity contribution in [2.75, 3.05) is 0 Å². The summed E-state index contributed by atoms with van der Waals surface area (Å²) >= 11 is 0. The van der Waals surface area contributed by atoms with Crippen LogP contribution in [0.2, 0.25) is 0 Å². The summed E-state index contributed by atoms with van der Waals surface area (Å²) in [7, 11) is 0. The third-order valence-electron chi connectivity index (χ3n) is 3.68. The van der Waals surface area contributed by atoms with Gasteiger partial charge >= 0.3 is 0 Å². The van der Waals surface area contributed by atoms with Crippen LogP contribution in [-0.2, 0) is 0 Å². The van der Waals surface area contributed by atoms with Crippen molar-refractivity contribution < 1.29 is 4.79 Å². The van der Waals surface area contributed by atoms with Gasteiger partial charge in [0, 0.05) is 18.4 Å². The maximum absolute atomic E-state index is 11.9. The van der Waals surface area contributed by atoms with Crippen LogP contribution in [0.15, 0.2) is 24.5 Å². The molecule has 1 aromatic heterocycles. The molecule has 0 saturated heterocycles. The van der Waals surface area contributed by atoms with Gasteiger partial charge in [0.25, 0.3) is 5.91 Å². The van der Waals surface area contributed by atoms with Crippen molar-refractivity contribution in [3.63, 3.8) is 0 Å². The fourth-order valence-corrected chi connectivity index (χ4v) is 2.48. The highest BCUT2D eigenvalue weighted by atomic mass is 16.1. The van der Waals surface area contributed by atoms with E-state index in [1.165, 1.54) is 19.3 Å². The summed E-state index contributed by atoms with van der Waals surface area (Å²) in [6.07, 6.45) is 9.29. The van der Waals surface area contributed by atoms with Crippen molar-refractivity contribution in [3.05, 3.63) is 30.1 Å². The third kappa shape index (κ3) is 3.29. The van der Waals surface area contributed by atoms with E-state index in [2.05, 4.69) is 17.2 Å². The lowest BCUT2D eigenvalue weighted by Gasteiger charge is -2.28. The number of aromatic nitrogens is 1. The predicted octanol–water partition coefficient (Wildman–Crippen LogP) is 2.78. The SMILES string of the molecule is CCC1CCC(NC(=O)c2cccnc2)CC1. The molecule has 0 aromatic carbocycles. The van der Waals surface area contributed by atoms with Gasteiger partial charge in [-0.05, 0) is 43.7 Å². The van der Waals surface area contributed by atoms with Crippen LogP contribution < -0.4 is 5.32 Å². The number of rotatable bonds is 3. The molecule has 1 amide bonds. The quantitative estimate of drug-likeness (QED) is 0.870. The normalized spacial score (nSPS) is 24.3. The van der Waals surface area contributed by atoms with E-state index < -0.39 is 0 Å². The van der Waals surface area contributed by atoms with Gasteiger partial charge in [0.2, 0.25) is 0 Å². The number of hydrogen-bond donors (Lipinski definition) is 1. The Hall–Kier alpha value is -1.38. The maximum Gasteiger partial charge on any atom is 0.253 e. The number of pyridine rings is 1. The summed E-state index contributed by atoms with van der Waals surface area (Å²) in [6, 6.07) is 3.95. The highest BCUT2D eigenvalue weighted by molar-refractivity contribution is 5.93. The van der Waals surface area contributed by atoms with Gasteiger partial charge in [-0.25, -0.2) is 0 Å². The van der Waals surface area contributed by atoms with Crippen molar-refractivity contribution in [2.45, 2.75) is 45.1 Å². The molecule has 0 atom stereocenters. The van der Waals surface area contributed by atoms with Crippen LogP contribution >= 0.6 is 0 Å². The second kappa shape index (κ2) is 5.80. The van der Waals surface area contributed by atoms with Crippen molar-refractivity contribution in [1.82, 2.24) is 10.3 Å². The molecule has 3 heteroatoms. The van der Waals surface area contributed by atoms with Gasteiger partial charge in [0.1, 0.15) is 0 Å². The Kier molecular flexibility index (Phi) is 4.13. The van der Waals surface area contributed by atoms with Gasteiger partial charge in [-0.2, -0.15) is 0 Å². The zero-order chi connectivity index (χ0) is 12.1. The van der Waals surface area contributed by atoms with E-state index in [1.54, 1.807) is 24.5 Å². The molecule has 3 nitrogen and oxygen atoms in total. The summed E-state index contributed by atoms with van der Waals surface area (Å²) in [5.74, 6) is 0.875. The van der Waals surface area contributed by atoms with Crippen LogP contribution in [0.25, 0.3) is 0 Å². The molecular formula is C14H20N2O. The molecule has 1 saturated carbocycles. The van der Waals surface area contributed by atoms with Gasteiger partial charge in [0.05, 0.1) is 5.56 Å². The fraction of sp³-hybridized carbons (Fsp3) is 0.571. The molecule has 0 spiro atoms. The first-order chi connectivity index (χ1) is 8.29. The average molecular weight is 232 g/mol. The maximum atomic E-state index is 11.9. The minimum atomic E-state index is 0.0121. The molecule has 1 aromatic rings. The van der Waals surface area contributed by atoms with E-state index in [0.717, 1.165) is 18.8 Å². The summed E-state index contributed by atoms with van der Waals surface area (Å²) in [6.45, 7) is 2.25. The van der Waals surface area contributed by atoms with Crippen molar-refractivity contribution in [3.8, 4) is 0 Å². The van der Waals surface area contributed by atoms with E-state index >= 15 is 0 Å². The molecule has 92 valence electrons. The van der Waals surface area contributed by atoms with Crippen molar-refractivity contribution >= 4 is 5.91 Å². The van der Waals surface area contributed by atoms with E-state index in [0.29, 0.717) is 11.6 Å². The lowest BCUT2D eigenvalue weighted by atomic mass is 9.84. The van der Waals surface area contributed by atoms with Crippen molar-refractivity contribution in [1.29, 1.82) is 0 Å². The van der Waals surface area contributed by atoms with Gasteiger partial charge in [-0.15, -0.1) is 0 Å². The number of amides is 1. The first-order valence-electron chi connectivity index (χ1n) is 6.50.